The Labute approximate surface area is 154 Å². The van der Waals surface area contributed by atoms with Crippen molar-refractivity contribution in [1.82, 2.24) is 4.90 Å². The van der Waals surface area contributed by atoms with Crippen molar-refractivity contribution >= 4 is 12.4 Å². The Morgan fingerprint density at radius 1 is 1.08 bits per heavy atom. The smallest absolute Gasteiger partial charge is 0.0635 e. The van der Waals surface area contributed by atoms with E-state index in [2.05, 4.69) is 49.9 Å². The number of benzene rings is 1. The van der Waals surface area contributed by atoms with Crippen LogP contribution < -0.4 is 0 Å². The zero-order valence-electron chi connectivity index (χ0n) is 15.6. The van der Waals surface area contributed by atoms with Crippen molar-refractivity contribution < 1.29 is 4.74 Å². The number of nitrogens with zero attached hydrogens (tertiary/aromatic N) is 1. The highest BCUT2D eigenvalue weighted by molar-refractivity contribution is 5.85. The van der Waals surface area contributed by atoms with Gasteiger partial charge in [0.15, 0.2) is 0 Å². The van der Waals surface area contributed by atoms with Gasteiger partial charge in [0.05, 0.1) is 5.60 Å². The van der Waals surface area contributed by atoms with Crippen LogP contribution in [0.15, 0.2) is 24.3 Å². The summed E-state index contributed by atoms with van der Waals surface area (Å²) in [6.07, 6.45) is 7.75. The topological polar surface area (TPSA) is 12.5 Å². The highest BCUT2D eigenvalue weighted by Gasteiger charge is 2.42. The quantitative estimate of drug-likeness (QED) is 0.746. The molecule has 1 aromatic carbocycles. The van der Waals surface area contributed by atoms with E-state index in [-0.39, 0.29) is 23.4 Å². The minimum Gasteiger partial charge on any atom is -0.376 e. The fourth-order valence-electron chi connectivity index (χ4n) is 4.78. The molecule has 2 aliphatic rings. The van der Waals surface area contributed by atoms with Crippen molar-refractivity contribution in [2.45, 2.75) is 70.3 Å². The highest BCUT2D eigenvalue weighted by atomic mass is 35.5. The van der Waals surface area contributed by atoms with E-state index in [9.17, 15) is 0 Å². The molecular formula is C21H34ClNO. The standard InChI is InChI=1S/C21H33NO.ClH/c1-18-9-5-6-10-19(18)21(12-16-23-20(2,3)17-21)11-15-22-13-7-4-8-14-22;/h5-6,9-10H,4,7-8,11-17H2,1-3H3;1H. The lowest BCUT2D eigenvalue weighted by Gasteiger charge is -2.47. The van der Waals surface area contributed by atoms with Gasteiger partial charge in [0.1, 0.15) is 0 Å². The maximum absolute atomic E-state index is 6.06. The van der Waals surface area contributed by atoms with Crippen molar-refractivity contribution in [3.8, 4) is 0 Å². The molecule has 24 heavy (non-hydrogen) atoms. The third-order valence-electron chi connectivity index (χ3n) is 5.91. The zero-order valence-corrected chi connectivity index (χ0v) is 16.5. The first-order valence-corrected chi connectivity index (χ1v) is 9.43. The summed E-state index contributed by atoms with van der Waals surface area (Å²) in [5.74, 6) is 0. The van der Waals surface area contributed by atoms with E-state index >= 15 is 0 Å². The van der Waals surface area contributed by atoms with Gasteiger partial charge >= 0.3 is 0 Å². The number of aryl methyl sites for hydroxylation is 1. The van der Waals surface area contributed by atoms with E-state index in [4.69, 9.17) is 4.74 Å². The van der Waals surface area contributed by atoms with Crippen LogP contribution in [0.5, 0.6) is 0 Å². The number of hydrogen-bond donors (Lipinski definition) is 0. The Bertz CT molecular complexity index is 524. The van der Waals surface area contributed by atoms with Crippen molar-refractivity contribution in [1.29, 1.82) is 0 Å². The molecule has 0 saturated carbocycles. The molecule has 0 bridgehead atoms. The summed E-state index contributed by atoms with van der Waals surface area (Å²) in [5, 5.41) is 0. The summed E-state index contributed by atoms with van der Waals surface area (Å²) in [4.78, 5) is 2.69. The largest absolute Gasteiger partial charge is 0.376 e. The molecule has 1 aromatic rings. The van der Waals surface area contributed by atoms with Gasteiger partial charge < -0.3 is 9.64 Å². The first kappa shape index (κ1) is 19.8. The van der Waals surface area contributed by atoms with Crippen LogP contribution >= 0.6 is 12.4 Å². The van der Waals surface area contributed by atoms with Gasteiger partial charge in [0.25, 0.3) is 0 Å². The van der Waals surface area contributed by atoms with Gasteiger partial charge in [-0.15, -0.1) is 12.4 Å². The Balaban J connectivity index is 0.00000208. The molecule has 0 amide bonds. The molecule has 2 heterocycles. The fraction of sp³-hybridized carbons (Fsp3) is 0.714. The second-order valence-electron chi connectivity index (χ2n) is 8.28. The van der Waals surface area contributed by atoms with Crippen molar-refractivity contribution in [3.63, 3.8) is 0 Å². The molecule has 0 aromatic heterocycles. The average molecular weight is 352 g/mol. The van der Waals surface area contributed by atoms with Gasteiger partial charge in [0.2, 0.25) is 0 Å². The number of halogens is 1. The second-order valence-corrected chi connectivity index (χ2v) is 8.28. The van der Waals surface area contributed by atoms with Crippen LogP contribution in [0.3, 0.4) is 0 Å². The van der Waals surface area contributed by atoms with Gasteiger partial charge in [-0.1, -0.05) is 30.7 Å². The van der Waals surface area contributed by atoms with E-state index < -0.39 is 0 Å². The molecule has 2 fully saturated rings. The minimum atomic E-state index is -0.0115. The lowest BCUT2D eigenvalue weighted by atomic mass is 9.66. The molecular weight excluding hydrogens is 318 g/mol. The van der Waals surface area contributed by atoms with Crippen LogP contribution in [0, 0.1) is 6.92 Å². The number of piperidine rings is 1. The van der Waals surface area contributed by atoms with E-state index in [0.29, 0.717) is 0 Å². The van der Waals surface area contributed by atoms with Crippen molar-refractivity contribution in [2.24, 2.45) is 0 Å². The molecule has 0 spiro atoms. The predicted octanol–water partition coefficient (Wildman–Crippen LogP) is 5.12. The molecule has 1 unspecified atom stereocenters. The van der Waals surface area contributed by atoms with Crippen molar-refractivity contribution in [3.05, 3.63) is 35.4 Å². The van der Waals surface area contributed by atoms with Gasteiger partial charge in [0, 0.05) is 12.0 Å². The molecule has 2 aliphatic heterocycles. The lowest BCUT2D eigenvalue weighted by molar-refractivity contribution is -0.0855. The van der Waals surface area contributed by atoms with Gasteiger partial charge in [-0.3, -0.25) is 0 Å². The third-order valence-corrected chi connectivity index (χ3v) is 5.91. The maximum Gasteiger partial charge on any atom is 0.0635 e. The van der Waals surface area contributed by atoms with E-state index in [0.717, 1.165) is 19.4 Å². The minimum absolute atomic E-state index is 0. The number of ether oxygens (including phenoxy) is 1. The van der Waals surface area contributed by atoms with Crippen LogP contribution in [0.2, 0.25) is 0 Å². The van der Waals surface area contributed by atoms with E-state index in [1.807, 2.05) is 0 Å². The summed E-state index contributed by atoms with van der Waals surface area (Å²) >= 11 is 0. The Hall–Kier alpha value is -0.570. The van der Waals surface area contributed by atoms with Crippen LogP contribution in [-0.2, 0) is 10.2 Å². The maximum atomic E-state index is 6.06. The molecule has 0 N–H and O–H groups in total. The first-order chi connectivity index (χ1) is 11.0. The van der Waals surface area contributed by atoms with Crippen LogP contribution in [0.1, 0.15) is 63.5 Å². The summed E-state index contributed by atoms with van der Waals surface area (Å²) < 4.78 is 6.06. The van der Waals surface area contributed by atoms with Gasteiger partial charge in [-0.25, -0.2) is 0 Å². The monoisotopic (exact) mass is 351 g/mol. The normalized spacial score (nSPS) is 27.5. The van der Waals surface area contributed by atoms with Crippen LogP contribution in [-0.4, -0.2) is 36.7 Å². The molecule has 3 rings (SSSR count). The van der Waals surface area contributed by atoms with Crippen molar-refractivity contribution in [2.75, 3.05) is 26.2 Å². The average Bonchev–Trinajstić information content (AvgIpc) is 2.53. The Kier molecular flexibility index (Phi) is 6.75. The van der Waals surface area contributed by atoms with E-state index in [1.54, 1.807) is 5.56 Å². The molecule has 136 valence electrons. The number of likely N-dealkylation sites (tertiary alicyclic amines) is 1. The number of rotatable bonds is 4. The van der Waals surface area contributed by atoms with Crippen LogP contribution in [0.25, 0.3) is 0 Å². The molecule has 2 nitrogen and oxygen atoms in total. The second kappa shape index (κ2) is 8.21. The third kappa shape index (κ3) is 4.53. The number of hydrogen-bond acceptors (Lipinski definition) is 2. The van der Waals surface area contributed by atoms with Crippen LogP contribution in [0.4, 0.5) is 0 Å². The molecule has 1 atom stereocenters. The Morgan fingerprint density at radius 2 is 1.79 bits per heavy atom. The first-order valence-electron chi connectivity index (χ1n) is 9.43. The van der Waals surface area contributed by atoms with E-state index in [1.165, 1.54) is 50.9 Å². The van der Waals surface area contributed by atoms with Gasteiger partial charge in [-0.2, -0.15) is 0 Å². The summed E-state index contributed by atoms with van der Waals surface area (Å²) in [6.45, 7) is 11.5. The summed E-state index contributed by atoms with van der Waals surface area (Å²) in [5.41, 5.74) is 3.28. The zero-order chi connectivity index (χ0) is 16.3. The lowest BCUT2D eigenvalue weighted by Crippen LogP contribution is -2.46. The predicted molar refractivity (Wildman–Crippen MR) is 104 cm³/mol. The summed E-state index contributed by atoms with van der Waals surface area (Å²) in [6, 6.07) is 9.03. The molecule has 0 aliphatic carbocycles. The fourth-order valence-corrected chi connectivity index (χ4v) is 4.78. The molecule has 3 heteroatoms. The highest BCUT2D eigenvalue weighted by Crippen LogP contribution is 2.45. The Morgan fingerprint density at radius 3 is 2.46 bits per heavy atom. The molecule has 0 radical (unpaired) electrons. The summed E-state index contributed by atoms with van der Waals surface area (Å²) in [7, 11) is 0. The SMILES string of the molecule is Cc1ccccc1C1(CCN2CCCCC2)CCOC(C)(C)C1.Cl. The molecule has 2 saturated heterocycles. The van der Waals surface area contributed by atoms with Gasteiger partial charge in [-0.05, 0) is 83.6 Å².